The summed E-state index contributed by atoms with van der Waals surface area (Å²) in [7, 11) is 0. The van der Waals surface area contributed by atoms with Crippen LogP contribution in [0.15, 0.2) is 42.7 Å². The molecule has 0 bridgehead atoms. The first kappa shape index (κ1) is 16.1. The van der Waals surface area contributed by atoms with Gasteiger partial charge in [-0.25, -0.2) is 8.78 Å². The van der Waals surface area contributed by atoms with Crippen molar-refractivity contribution in [2.24, 2.45) is 0 Å². The third-order valence-corrected chi connectivity index (χ3v) is 3.55. The minimum absolute atomic E-state index is 0.0187. The zero-order valence-corrected chi connectivity index (χ0v) is 12.5. The maximum absolute atomic E-state index is 14.2. The van der Waals surface area contributed by atoms with Crippen LogP contribution in [0.4, 0.5) is 8.78 Å². The lowest BCUT2D eigenvalue weighted by molar-refractivity contribution is -0.149. The summed E-state index contributed by atoms with van der Waals surface area (Å²) in [6, 6.07) is 7.32. The van der Waals surface area contributed by atoms with Crippen molar-refractivity contribution in [2.75, 3.05) is 6.61 Å². The van der Waals surface area contributed by atoms with Crippen LogP contribution in [-0.2, 0) is 21.4 Å². The number of carbonyl (C=O) groups excluding carboxylic acids is 1. The van der Waals surface area contributed by atoms with E-state index in [9.17, 15) is 13.6 Å². The number of rotatable bonds is 5. The molecule has 1 heterocycles. The fraction of sp³-hybridized carbons (Fsp3) is 0.294. The van der Waals surface area contributed by atoms with Crippen molar-refractivity contribution in [3.8, 4) is 0 Å². The molecule has 1 aromatic heterocycles. The summed E-state index contributed by atoms with van der Waals surface area (Å²) in [6.07, 6.45) is 3.36. The van der Waals surface area contributed by atoms with Gasteiger partial charge in [0.1, 0.15) is 0 Å². The van der Waals surface area contributed by atoms with Gasteiger partial charge in [0.2, 0.25) is 0 Å². The number of benzene rings is 1. The van der Waals surface area contributed by atoms with Gasteiger partial charge in [0.05, 0.1) is 12.0 Å². The molecule has 0 aliphatic rings. The molecule has 0 aliphatic carbocycles. The molecule has 0 radical (unpaired) electrons. The summed E-state index contributed by atoms with van der Waals surface area (Å²) in [5.74, 6) is -2.61. The van der Waals surface area contributed by atoms with Crippen LogP contribution in [-0.4, -0.2) is 17.6 Å². The zero-order valence-electron chi connectivity index (χ0n) is 12.5. The van der Waals surface area contributed by atoms with E-state index in [4.69, 9.17) is 4.74 Å². The van der Waals surface area contributed by atoms with Gasteiger partial charge in [-0.1, -0.05) is 18.2 Å². The van der Waals surface area contributed by atoms with Gasteiger partial charge in [0, 0.05) is 18.0 Å². The normalized spacial score (nSPS) is 13.5. The molecule has 0 spiro atoms. The predicted octanol–water partition coefficient (Wildman–Crippen LogP) is 3.42. The number of carbonyl (C=O) groups is 1. The summed E-state index contributed by atoms with van der Waals surface area (Å²) < 4.78 is 32.8. The third kappa shape index (κ3) is 3.13. The first-order valence-corrected chi connectivity index (χ1v) is 6.99. The third-order valence-electron chi connectivity index (χ3n) is 3.55. The first-order valence-electron chi connectivity index (χ1n) is 6.99. The molecular formula is C17H17F2NO2. The highest BCUT2D eigenvalue weighted by Gasteiger charge is 2.39. The maximum atomic E-state index is 14.2. The lowest BCUT2D eigenvalue weighted by Gasteiger charge is -2.28. The van der Waals surface area contributed by atoms with Gasteiger partial charge in [-0.15, -0.1) is 0 Å². The van der Waals surface area contributed by atoms with Crippen LogP contribution in [0.3, 0.4) is 0 Å². The maximum Gasteiger partial charge on any atom is 0.316 e. The van der Waals surface area contributed by atoms with Crippen LogP contribution in [0.1, 0.15) is 25.0 Å². The molecule has 0 amide bonds. The number of nitrogens with zero attached hydrogens (tertiary/aromatic N) is 1. The Morgan fingerprint density at radius 3 is 2.68 bits per heavy atom. The topological polar surface area (TPSA) is 39.2 Å². The fourth-order valence-corrected chi connectivity index (χ4v) is 2.41. The number of hydrogen-bond donors (Lipinski definition) is 0. The molecule has 2 aromatic rings. The molecule has 3 nitrogen and oxygen atoms in total. The largest absolute Gasteiger partial charge is 0.465 e. The van der Waals surface area contributed by atoms with Crippen molar-refractivity contribution in [3.05, 3.63) is 65.5 Å². The van der Waals surface area contributed by atoms with Gasteiger partial charge < -0.3 is 4.74 Å². The number of halogens is 2. The Balaban J connectivity index is 2.50. The Bertz CT molecular complexity index is 661. The SMILES string of the molecule is CCOC(=O)C(C)(Cc1cccnc1)c1cccc(F)c1F. The lowest BCUT2D eigenvalue weighted by Crippen LogP contribution is -2.38. The minimum Gasteiger partial charge on any atom is -0.465 e. The van der Waals surface area contributed by atoms with E-state index in [1.54, 1.807) is 38.4 Å². The molecule has 1 aromatic carbocycles. The van der Waals surface area contributed by atoms with Gasteiger partial charge >= 0.3 is 5.97 Å². The smallest absolute Gasteiger partial charge is 0.316 e. The molecule has 0 saturated carbocycles. The second-order valence-corrected chi connectivity index (χ2v) is 5.19. The predicted molar refractivity (Wildman–Crippen MR) is 78.3 cm³/mol. The molecule has 0 N–H and O–H groups in total. The zero-order chi connectivity index (χ0) is 16.2. The van der Waals surface area contributed by atoms with E-state index in [-0.39, 0.29) is 18.6 Å². The van der Waals surface area contributed by atoms with E-state index >= 15 is 0 Å². The van der Waals surface area contributed by atoms with Crippen LogP contribution in [0.2, 0.25) is 0 Å². The Hall–Kier alpha value is -2.30. The van der Waals surface area contributed by atoms with E-state index < -0.39 is 23.0 Å². The number of esters is 1. The minimum atomic E-state index is -1.33. The second kappa shape index (κ2) is 6.64. The van der Waals surface area contributed by atoms with Crippen molar-refractivity contribution in [1.82, 2.24) is 4.98 Å². The highest BCUT2D eigenvalue weighted by Crippen LogP contribution is 2.32. The van der Waals surface area contributed by atoms with E-state index in [1.807, 2.05) is 0 Å². The van der Waals surface area contributed by atoms with Crippen LogP contribution < -0.4 is 0 Å². The molecule has 1 atom stereocenters. The Labute approximate surface area is 128 Å². The highest BCUT2D eigenvalue weighted by atomic mass is 19.2. The quantitative estimate of drug-likeness (QED) is 0.795. The van der Waals surface area contributed by atoms with Crippen molar-refractivity contribution in [3.63, 3.8) is 0 Å². The standard InChI is InChI=1S/C17H17F2NO2/c1-3-22-16(21)17(2,10-12-6-5-9-20-11-12)13-7-4-8-14(18)15(13)19/h4-9,11H,3,10H2,1-2H3. The Morgan fingerprint density at radius 1 is 1.27 bits per heavy atom. The molecule has 2 rings (SSSR count). The molecule has 22 heavy (non-hydrogen) atoms. The molecule has 0 saturated heterocycles. The number of aromatic nitrogens is 1. The van der Waals surface area contributed by atoms with Gasteiger partial charge in [-0.05, 0) is 38.0 Å². The average Bonchev–Trinajstić information content (AvgIpc) is 2.51. The average molecular weight is 305 g/mol. The molecule has 116 valence electrons. The first-order chi connectivity index (χ1) is 10.5. The van der Waals surface area contributed by atoms with Gasteiger partial charge in [-0.2, -0.15) is 0 Å². The van der Waals surface area contributed by atoms with E-state index in [1.165, 1.54) is 12.1 Å². The van der Waals surface area contributed by atoms with E-state index in [2.05, 4.69) is 4.98 Å². The van der Waals surface area contributed by atoms with Crippen LogP contribution in [0, 0.1) is 11.6 Å². The summed E-state index contributed by atoms with van der Waals surface area (Å²) in [6.45, 7) is 3.39. The molecular weight excluding hydrogens is 288 g/mol. The molecule has 0 aliphatic heterocycles. The molecule has 0 fully saturated rings. The van der Waals surface area contributed by atoms with Gasteiger partial charge in [-0.3, -0.25) is 9.78 Å². The second-order valence-electron chi connectivity index (χ2n) is 5.19. The van der Waals surface area contributed by atoms with E-state index in [0.717, 1.165) is 11.6 Å². The van der Waals surface area contributed by atoms with Crippen molar-refractivity contribution in [2.45, 2.75) is 25.7 Å². The fourth-order valence-electron chi connectivity index (χ4n) is 2.41. The highest BCUT2D eigenvalue weighted by molar-refractivity contribution is 5.83. The number of ether oxygens (including phenoxy) is 1. The Kier molecular flexibility index (Phi) is 4.85. The van der Waals surface area contributed by atoms with Crippen LogP contribution in [0.5, 0.6) is 0 Å². The summed E-state index contributed by atoms with van der Waals surface area (Å²) in [5, 5.41) is 0. The van der Waals surface area contributed by atoms with Crippen molar-refractivity contribution in [1.29, 1.82) is 0 Å². The summed E-state index contributed by atoms with van der Waals surface area (Å²) >= 11 is 0. The van der Waals surface area contributed by atoms with Gasteiger partial charge in [0.15, 0.2) is 11.6 Å². The summed E-state index contributed by atoms with van der Waals surface area (Å²) in [4.78, 5) is 16.4. The van der Waals surface area contributed by atoms with E-state index in [0.29, 0.717) is 0 Å². The van der Waals surface area contributed by atoms with Crippen molar-refractivity contribution >= 4 is 5.97 Å². The molecule has 1 unspecified atom stereocenters. The number of hydrogen-bond acceptors (Lipinski definition) is 3. The van der Waals surface area contributed by atoms with Gasteiger partial charge in [0.25, 0.3) is 0 Å². The molecule has 5 heteroatoms. The van der Waals surface area contributed by atoms with Crippen LogP contribution in [0.25, 0.3) is 0 Å². The van der Waals surface area contributed by atoms with Crippen molar-refractivity contribution < 1.29 is 18.3 Å². The Morgan fingerprint density at radius 2 is 2.05 bits per heavy atom. The summed E-state index contributed by atoms with van der Waals surface area (Å²) in [5.41, 5.74) is -0.609. The monoisotopic (exact) mass is 305 g/mol. The lowest BCUT2D eigenvalue weighted by atomic mass is 9.77. The number of pyridine rings is 1. The van der Waals surface area contributed by atoms with Crippen LogP contribution >= 0.6 is 0 Å².